The van der Waals surface area contributed by atoms with Gasteiger partial charge in [-0.25, -0.2) is 0 Å². The summed E-state index contributed by atoms with van der Waals surface area (Å²) in [6, 6.07) is 6.52. The average Bonchev–Trinajstić information content (AvgIpc) is 2.48. The van der Waals surface area contributed by atoms with Crippen molar-refractivity contribution in [2.24, 2.45) is 0 Å². The third-order valence-electron chi connectivity index (χ3n) is 2.91. The molecule has 6 heteroatoms. The van der Waals surface area contributed by atoms with Gasteiger partial charge in [0.25, 0.3) is 0 Å². The van der Waals surface area contributed by atoms with E-state index in [4.69, 9.17) is 4.74 Å². The number of hydrogen-bond acceptors (Lipinski definition) is 6. The van der Waals surface area contributed by atoms with Gasteiger partial charge in [-0.15, -0.1) is 0 Å². The Hall–Kier alpha value is -2.37. The molecule has 0 aliphatic rings. The lowest BCUT2D eigenvalue weighted by Crippen LogP contribution is -2.08. The highest BCUT2D eigenvalue weighted by Crippen LogP contribution is 2.21. The molecule has 1 heterocycles. The van der Waals surface area contributed by atoms with E-state index in [0.717, 1.165) is 17.7 Å². The fourth-order valence-corrected chi connectivity index (χ4v) is 1.77. The van der Waals surface area contributed by atoms with E-state index in [9.17, 15) is 0 Å². The minimum atomic E-state index is 0.323. The highest BCUT2D eigenvalue weighted by atomic mass is 16.5. The van der Waals surface area contributed by atoms with Crippen molar-refractivity contribution in [3.8, 4) is 6.01 Å². The molecule has 1 aromatic carbocycles. The Kier molecular flexibility index (Phi) is 4.92. The van der Waals surface area contributed by atoms with Crippen LogP contribution in [-0.4, -0.2) is 28.6 Å². The van der Waals surface area contributed by atoms with Crippen LogP contribution in [0.2, 0.25) is 0 Å². The molecule has 2 aromatic rings. The summed E-state index contributed by atoms with van der Waals surface area (Å²) < 4.78 is 5.49. The van der Waals surface area contributed by atoms with Gasteiger partial charge >= 0.3 is 6.01 Å². The normalized spacial score (nSPS) is 10.3. The van der Waals surface area contributed by atoms with Crippen LogP contribution in [0, 0.1) is 13.8 Å². The number of ether oxygens (including phenoxy) is 1. The molecule has 0 saturated carbocycles. The van der Waals surface area contributed by atoms with Crippen LogP contribution in [-0.2, 0) is 0 Å². The fourth-order valence-electron chi connectivity index (χ4n) is 1.77. The molecule has 0 bridgehead atoms. The van der Waals surface area contributed by atoms with Crippen LogP contribution in [0.5, 0.6) is 6.01 Å². The number of anilines is 3. The zero-order valence-electron chi connectivity index (χ0n) is 12.9. The number of nitrogens with one attached hydrogen (secondary N) is 2. The maximum Gasteiger partial charge on any atom is 0.323 e. The number of hydrogen-bond donors (Lipinski definition) is 2. The van der Waals surface area contributed by atoms with Crippen molar-refractivity contribution in [2.75, 3.05) is 24.3 Å². The van der Waals surface area contributed by atoms with Crippen LogP contribution in [0.3, 0.4) is 0 Å². The fraction of sp³-hybridized carbons (Fsp3) is 0.400. The molecule has 0 atom stereocenters. The van der Waals surface area contributed by atoms with Crippen molar-refractivity contribution in [3.05, 3.63) is 29.3 Å². The Morgan fingerprint density at radius 2 is 1.86 bits per heavy atom. The summed E-state index contributed by atoms with van der Waals surface area (Å²) >= 11 is 0. The van der Waals surface area contributed by atoms with Gasteiger partial charge in [-0.1, -0.05) is 19.1 Å². The second kappa shape index (κ2) is 6.88. The maximum atomic E-state index is 5.49. The van der Waals surface area contributed by atoms with Gasteiger partial charge in [0.05, 0.1) is 6.61 Å². The molecule has 2 N–H and O–H groups in total. The predicted octanol–water partition coefficient (Wildman–Crippen LogP) is 3.06. The molecule has 0 aliphatic carbocycles. The molecule has 0 spiro atoms. The molecule has 0 aliphatic heterocycles. The SMILES string of the molecule is CCCOc1nc(NC)nc(Nc2cc(C)ccc2C)n1. The van der Waals surface area contributed by atoms with Crippen molar-refractivity contribution >= 4 is 17.6 Å². The van der Waals surface area contributed by atoms with Gasteiger partial charge in [0.15, 0.2) is 0 Å². The molecule has 2 rings (SSSR count). The largest absolute Gasteiger partial charge is 0.463 e. The van der Waals surface area contributed by atoms with Crippen LogP contribution >= 0.6 is 0 Å². The van der Waals surface area contributed by atoms with Gasteiger partial charge < -0.3 is 15.4 Å². The number of rotatable bonds is 6. The lowest BCUT2D eigenvalue weighted by molar-refractivity contribution is 0.292. The molecule has 0 fully saturated rings. The van der Waals surface area contributed by atoms with Crippen LogP contribution in [0.15, 0.2) is 18.2 Å². The van der Waals surface area contributed by atoms with E-state index in [2.05, 4.69) is 43.8 Å². The van der Waals surface area contributed by atoms with Gasteiger partial charge in [-0.2, -0.15) is 15.0 Å². The average molecular weight is 287 g/mol. The maximum absolute atomic E-state index is 5.49. The lowest BCUT2D eigenvalue weighted by Gasteiger charge is -2.11. The zero-order chi connectivity index (χ0) is 15.2. The van der Waals surface area contributed by atoms with Gasteiger partial charge in [0.1, 0.15) is 0 Å². The zero-order valence-corrected chi connectivity index (χ0v) is 12.9. The minimum Gasteiger partial charge on any atom is -0.463 e. The first kappa shape index (κ1) is 15.0. The van der Waals surface area contributed by atoms with Crippen LogP contribution in [0.4, 0.5) is 17.6 Å². The monoisotopic (exact) mass is 287 g/mol. The second-order valence-corrected chi connectivity index (χ2v) is 4.81. The number of nitrogens with zero attached hydrogens (tertiary/aromatic N) is 3. The van der Waals surface area contributed by atoms with Crippen molar-refractivity contribution in [3.63, 3.8) is 0 Å². The third kappa shape index (κ3) is 4.05. The third-order valence-corrected chi connectivity index (χ3v) is 2.91. The molecule has 0 radical (unpaired) electrons. The molecule has 21 heavy (non-hydrogen) atoms. The molecule has 6 nitrogen and oxygen atoms in total. The van der Waals surface area contributed by atoms with Crippen molar-refractivity contribution in [1.29, 1.82) is 0 Å². The summed E-state index contributed by atoms with van der Waals surface area (Å²) in [4.78, 5) is 12.8. The summed E-state index contributed by atoms with van der Waals surface area (Å²) in [6.07, 6.45) is 0.903. The molecule has 0 unspecified atom stereocenters. The van der Waals surface area contributed by atoms with E-state index in [-0.39, 0.29) is 0 Å². The van der Waals surface area contributed by atoms with Crippen LogP contribution in [0.1, 0.15) is 24.5 Å². The first-order valence-corrected chi connectivity index (χ1v) is 7.03. The number of aryl methyl sites for hydroxylation is 2. The van der Waals surface area contributed by atoms with E-state index in [1.807, 2.05) is 20.8 Å². The van der Waals surface area contributed by atoms with Gasteiger partial charge in [-0.05, 0) is 37.5 Å². The molecule has 112 valence electrons. The molecular formula is C15H21N5O. The predicted molar refractivity (Wildman–Crippen MR) is 84.4 cm³/mol. The molecular weight excluding hydrogens is 266 g/mol. The minimum absolute atomic E-state index is 0.323. The number of benzene rings is 1. The highest BCUT2D eigenvalue weighted by Gasteiger charge is 2.08. The second-order valence-electron chi connectivity index (χ2n) is 4.81. The summed E-state index contributed by atoms with van der Waals surface area (Å²) in [7, 11) is 1.76. The molecule has 0 amide bonds. The Bertz CT molecular complexity index is 615. The van der Waals surface area contributed by atoms with Crippen molar-refractivity contribution in [2.45, 2.75) is 27.2 Å². The topological polar surface area (TPSA) is 72.0 Å². The van der Waals surface area contributed by atoms with Gasteiger partial charge in [-0.3, -0.25) is 0 Å². The Morgan fingerprint density at radius 1 is 1.10 bits per heavy atom. The summed E-state index contributed by atoms with van der Waals surface area (Å²) in [5.41, 5.74) is 3.28. The Morgan fingerprint density at radius 3 is 2.57 bits per heavy atom. The van der Waals surface area contributed by atoms with Gasteiger partial charge in [0.2, 0.25) is 11.9 Å². The molecule has 1 aromatic heterocycles. The lowest BCUT2D eigenvalue weighted by atomic mass is 10.1. The van der Waals surface area contributed by atoms with E-state index >= 15 is 0 Å². The van der Waals surface area contributed by atoms with Crippen molar-refractivity contribution in [1.82, 2.24) is 15.0 Å². The summed E-state index contributed by atoms with van der Waals surface area (Å²) in [6.45, 7) is 6.70. The van der Waals surface area contributed by atoms with Crippen molar-refractivity contribution < 1.29 is 4.74 Å². The van der Waals surface area contributed by atoms with Gasteiger partial charge in [0, 0.05) is 12.7 Å². The molecule has 0 saturated heterocycles. The first-order chi connectivity index (χ1) is 10.1. The Labute approximate surface area is 125 Å². The summed E-state index contributed by atoms with van der Waals surface area (Å²) in [5.74, 6) is 0.943. The highest BCUT2D eigenvalue weighted by molar-refractivity contribution is 5.60. The van der Waals surface area contributed by atoms with E-state index in [0.29, 0.717) is 24.5 Å². The first-order valence-electron chi connectivity index (χ1n) is 7.03. The van der Waals surface area contributed by atoms with Crippen LogP contribution < -0.4 is 15.4 Å². The Balaban J connectivity index is 2.27. The quantitative estimate of drug-likeness (QED) is 0.850. The van der Waals surface area contributed by atoms with E-state index < -0.39 is 0 Å². The van der Waals surface area contributed by atoms with E-state index in [1.165, 1.54) is 5.56 Å². The van der Waals surface area contributed by atoms with E-state index in [1.54, 1.807) is 7.05 Å². The summed E-state index contributed by atoms with van der Waals surface area (Å²) in [5, 5.41) is 6.14. The smallest absolute Gasteiger partial charge is 0.323 e. The number of aromatic nitrogens is 3. The van der Waals surface area contributed by atoms with Crippen LogP contribution in [0.25, 0.3) is 0 Å². The standard InChI is InChI=1S/C15H21N5O/c1-5-8-21-15-19-13(16-4)18-14(20-15)17-12-9-10(2)6-7-11(12)3/h6-7,9H,5,8H2,1-4H3,(H2,16,17,18,19,20).